The van der Waals surface area contributed by atoms with Crippen LogP contribution in [0.1, 0.15) is 58.4 Å². The summed E-state index contributed by atoms with van der Waals surface area (Å²) in [7, 11) is 0. The summed E-state index contributed by atoms with van der Waals surface area (Å²) in [6.07, 6.45) is 3.69. The highest BCUT2D eigenvalue weighted by atomic mass is 16.5. The van der Waals surface area contributed by atoms with Gasteiger partial charge in [0.1, 0.15) is 11.4 Å². The summed E-state index contributed by atoms with van der Waals surface area (Å²) in [6, 6.07) is 9.72. The molecule has 0 aromatic heterocycles. The third-order valence-electron chi connectivity index (χ3n) is 4.49. The molecule has 4 heteroatoms. The standard InChI is InChI=1S/C20H28NO3/c1-19(2,3)24-20(18(21)23)11-7-10-16(14-20)13-17(22)12-15-8-5-4-6-9-15/h4-6,8-9,16,21H,7,10-14H2,1-3H3. The third kappa shape index (κ3) is 5.17. The molecule has 1 aliphatic carbocycles. The molecule has 0 bridgehead atoms. The van der Waals surface area contributed by atoms with Crippen LogP contribution < -0.4 is 5.73 Å². The first-order valence-corrected chi connectivity index (χ1v) is 8.72. The number of ketones is 1. The average Bonchev–Trinajstić information content (AvgIpc) is 2.46. The summed E-state index contributed by atoms with van der Waals surface area (Å²) in [6.45, 7) is 5.71. The average molecular weight is 330 g/mol. The molecular weight excluding hydrogens is 302 g/mol. The number of benzene rings is 1. The van der Waals surface area contributed by atoms with Gasteiger partial charge in [-0.1, -0.05) is 30.3 Å². The Bertz CT molecular complexity index is 576. The molecule has 1 amide bonds. The Kier molecular flexibility index (Phi) is 5.81. The summed E-state index contributed by atoms with van der Waals surface area (Å²) < 4.78 is 6.01. The Morgan fingerprint density at radius 2 is 1.92 bits per heavy atom. The lowest BCUT2D eigenvalue weighted by molar-refractivity contribution is -0.177. The summed E-state index contributed by atoms with van der Waals surface area (Å²) in [5.41, 5.74) is 7.20. The second-order valence-corrected chi connectivity index (χ2v) is 7.91. The van der Waals surface area contributed by atoms with Crippen molar-refractivity contribution in [3.63, 3.8) is 0 Å². The van der Waals surface area contributed by atoms with Gasteiger partial charge in [0.15, 0.2) is 0 Å². The lowest BCUT2D eigenvalue weighted by Gasteiger charge is -2.42. The number of hydrogen-bond donors (Lipinski definition) is 0. The number of Topliss-reactive ketones (excluding diaryl/α,β-unsaturated/α-hetero) is 1. The second-order valence-electron chi connectivity index (χ2n) is 7.91. The van der Waals surface area contributed by atoms with Gasteiger partial charge in [0.2, 0.25) is 0 Å². The monoisotopic (exact) mass is 330 g/mol. The SMILES string of the molecule is CC(C)(C)OC1(C([NH])=O)CCCC(CC(=O)Cc2ccccc2)C1. The first kappa shape index (κ1) is 18.7. The van der Waals surface area contributed by atoms with Gasteiger partial charge in [0, 0.05) is 12.8 Å². The number of nitrogens with one attached hydrogen (secondary N) is 1. The Morgan fingerprint density at radius 1 is 1.25 bits per heavy atom. The molecule has 1 aromatic rings. The number of amides is 1. The molecule has 1 saturated carbocycles. The van der Waals surface area contributed by atoms with Crippen molar-refractivity contribution in [1.29, 1.82) is 0 Å². The third-order valence-corrected chi connectivity index (χ3v) is 4.49. The van der Waals surface area contributed by atoms with E-state index in [1.807, 2.05) is 51.1 Å². The summed E-state index contributed by atoms with van der Waals surface area (Å²) >= 11 is 0. The summed E-state index contributed by atoms with van der Waals surface area (Å²) in [4.78, 5) is 24.4. The molecule has 0 aliphatic heterocycles. The number of ether oxygens (including phenoxy) is 1. The maximum absolute atomic E-state index is 12.4. The molecule has 2 atom stereocenters. The molecule has 4 nitrogen and oxygen atoms in total. The van der Waals surface area contributed by atoms with Crippen LogP contribution in [0, 0.1) is 5.92 Å². The van der Waals surface area contributed by atoms with E-state index in [1.165, 1.54) is 0 Å². The molecule has 24 heavy (non-hydrogen) atoms. The van der Waals surface area contributed by atoms with E-state index in [9.17, 15) is 9.59 Å². The Balaban J connectivity index is 2.01. The maximum atomic E-state index is 12.4. The van der Waals surface area contributed by atoms with Crippen molar-refractivity contribution < 1.29 is 14.3 Å². The Labute approximate surface area is 144 Å². The van der Waals surface area contributed by atoms with Gasteiger partial charge in [-0.15, -0.1) is 0 Å². The molecule has 1 radical (unpaired) electrons. The molecule has 1 N–H and O–H groups in total. The molecule has 0 saturated heterocycles. The van der Waals surface area contributed by atoms with Gasteiger partial charge in [0.25, 0.3) is 5.91 Å². The minimum absolute atomic E-state index is 0.117. The highest BCUT2D eigenvalue weighted by Crippen LogP contribution is 2.39. The van der Waals surface area contributed by atoms with E-state index in [2.05, 4.69) is 0 Å². The molecule has 1 fully saturated rings. The first-order chi connectivity index (χ1) is 11.2. The Hall–Kier alpha value is -1.68. The van der Waals surface area contributed by atoms with Crippen LogP contribution in [0.4, 0.5) is 0 Å². The summed E-state index contributed by atoms with van der Waals surface area (Å²) in [5, 5.41) is 0. The van der Waals surface area contributed by atoms with Gasteiger partial charge in [0.05, 0.1) is 5.60 Å². The van der Waals surface area contributed by atoms with E-state index in [4.69, 9.17) is 10.5 Å². The van der Waals surface area contributed by atoms with Gasteiger partial charge < -0.3 is 4.74 Å². The van der Waals surface area contributed by atoms with E-state index in [0.29, 0.717) is 25.7 Å². The topological polar surface area (TPSA) is 67.2 Å². The van der Waals surface area contributed by atoms with E-state index in [0.717, 1.165) is 18.4 Å². The van der Waals surface area contributed by atoms with Crippen molar-refractivity contribution >= 4 is 11.7 Å². The molecular formula is C20H28NO3. The lowest BCUT2D eigenvalue weighted by atomic mass is 9.75. The molecule has 0 spiro atoms. The van der Waals surface area contributed by atoms with Gasteiger partial charge in [-0.2, -0.15) is 0 Å². The van der Waals surface area contributed by atoms with Gasteiger partial charge in [-0.05, 0) is 57.9 Å². The van der Waals surface area contributed by atoms with E-state index >= 15 is 0 Å². The lowest BCUT2D eigenvalue weighted by Crippen LogP contribution is -2.50. The smallest absolute Gasteiger partial charge is 0.270 e. The Morgan fingerprint density at radius 3 is 2.50 bits per heavy atom. The van der Waals surface area contributed by atoms with E-state index in [1.54, 1.807) is 0 Å². The van der Waals surface area contributed by atoms with Gasteiger partial charge in [-0.25, -0.2) is 0 Å². The van der Waals surface area contributed by atoms with Crippen LogP contribution in [0.2, 0.25) is 0 Å². The second kappa shape index (κ2) is 7.47. The molecule has 131 valence electrons. The van der Waals surface area contributed by atoms with E-state index in [-0.39, 0.29) is 11.7 Å². The van der Waals surface area contributed by atoms with Gasteiger partial charge >= 0.3 is 0 Å². The number of carbonyl (C=O) groups is 2. The van der Waals surface area contributed by atoms with Gasteiger partial charge in [-0.3, -0.25) is 15.3 Å². The predicted molar refractivity (Wildman–Crippen MR) is 93.4 cm³/mol. The molecule has 2 rings (SSSR count). The predicted octanol–water partition coefficient (Wildman–Crippen LogP) is 3.74. The van der Waals surface area contributed by atoms with Crippen LogP contribution >= 0.6 is 0 Å². The van der Waals surface area contributed by atoms with Crippen molar-refractivity contribution in [2.75, 3.05) is 0 Å². The highest BCUT2D eigenvalue weighted by molar-refractivity contribution is 5.84. The van der Waals surface area contributed by atoms with Crippen LogP contribution in [-0.2, 0) is 20.7 Å². The maximum Gasteiger partial charge on any atom is 0.270 e. The first-order valence-electron chi connectivity index (χ1n) is 8.72. The zero-order valence-electron chi connectivity index (χ0n) is 14.9. The number of hydrogen-bond acceptors (Lipinski definition) is 3. The largest absolute Gasteiger partial charge is 0.359 e. The van der Waals surface area contributed by atoms with Crippen molar-refractivity contribution in [2.45, 2.75) is 70.5 Å². The van der Waals surface area contributed by atoms with Crippen LogP contribution in [0.15, 0.2) is 30.3 Å². The fourth-order valence-electron chi connectivity index (χ4n) is 3.67. The zero-order chi connectivity index (χ0) is 17.8. The quantitative estimate of drug-likeness (QED) is 0.798. The van der Waals surface area contributed by atoms with Crippen molar-refractivity contribution in [2.24, 2.45) is 5.92 Å². The number of rotatable bonds is 6. The molecule has 1 aliphatic rings. The van der Waals surface area contributed by atoms with E-state index < -0.39 is 17.1 Å². The normalized spacial score (nSPS) is 24.5. The molecule has 2 unspecified atom stereocenters. The van der Waals surface area contributed by atoms with Crippen molar-refractivity contribution in [1.82, 2.24) is 5.73 Å². The highest BCUT2D eigenvalue weighted by Gasteiger charge is 2.45. The minimum atomic E-state index is -1.05. The van der Waals surface area contributed by atoms with Crippen LogP contribution in [-0.4, -0.2) is 22.9 Å². The van der Waals surface area contributed by atoms with Crippen molar-refractivity contribution in [3.05, 3.63) is 35.9 Å². The van der Waals surface area contributed by atoms with Crippen molar-refractivity contribution in [3.8, 4) is 0 Å². The van der Waals surface area contributed by atoms with Crippen LogP contribution in [0.25, 0.3) is 0 Å². The van der Waals surface area contributed by atoms with Crippen LogP contribution in [0.3, 0.4) is 0 Å². The zero-order valence-corrected chi connectivity index (χ0v) is 14.9. The fourth-order valence-corrected chi connectivity index (χ4v) is 3.67. The minimum Gasteiger partial charge on any atom is -0.359 e. The molecule has 1 aromatic carbocycles. The summed E-state index contributed by atoms with van der Waals surface area (Å²) in [5.74, 6) is -0.348. The fraction of sp³-hybridized carbons (Fsp3) is 0.600. The van der Waals surface area contributed by atoms with Crippen LogP contribution in [0.5, 0.6) is 0 Å². The number of carbonyl (C=O) groups excluding carboxylic acids is 2. The molecule has 0 heterocycles.